The zero-order chi connectivity index (χ0) is 13.0. The molecule has 0 saturated carbocycles. The second-order valence-corrected chi connectivity index (χ2v) is 5.42. The number of carbonyl (C=O) groups is 1. The Morgan fingerprint density at radius 2 is 2.00 bits per heavy atom. The molecule has 1 aromatic carbocycles. The fourth-order valence-electron chi connectivity index (χ4n) is 1.46. The van der Waals surface area contributed by atoms with Gasteiger partial charge in [-0.25, -0.2) is 4.39 Å². The molecule has 4 heteroatoms. The number of amides is 1. The predicted molar refractivity (Wildman–Crippen MR) is 70.5 cm³/mol. The molecule has 94 valence electrons. The first-order valence-electron chi connectivity index (χ1n) is 5.61. The van der Waals surface area contributed by atoms with Crippen LogP contribution in [0, 0.1) is 11.7 Å². The van der Waals surface area contributed by atoms with Gasteiger partial charge in [-0.15, -0.1) is 0 Å². The molecule has 2 atom stereocenters. The highest BCUT2D eigenvalue weighted by Crippen LogP contribution is 2.17. The van der Waals surface area contributed by atoms with Crippen molar-refractivity contribution in [3.63, 3.8) is 0 Å². The third-order valence-electron chi connectivity index (χ3n) is 2.54. The summed E-state index contributed by atoms with van der Waals surface area (Å²) in [5.41, 5.74) is 0.766. The van der Waals surface area contributed by atoms with Crippen molar-refractivity contribution in [2.45, 2.75) is 31.6 Å². The molecule has 0 aliphatic rings. The molecule has 1 rings (SSSR count). The van der Waals surface area contributed by atoms with Crippen molar-refractivity contribution >= 4 is 21.8 Å². The summed E-state index contributed by atoms with van der Waals surface area (Å²) in [6.07, 6.45) is 0. The number of nitrogens with one attached hydrogen (secondary N) is 1. The second kappa shape index (κ2) is 6.15. The van der Waals surface area contributed by atoms with Crippen molar-refractivity contribution in [3.05, 3.63) is 35.6 Å². The van der Waals surface area contributed by atoms with Crippen LogP contribution in [0.3, 0.4) is 0 Å². The van der Waals surface area contributed by atoms with Gasteiger partial charge in [-0.05, 0) is 30.5 Å². The quantitative estimate of drug-likeness (QED) is 0.848. The first-order chi connectivity index (χ1) is 7.91. The average molecular weight is 302 g/mol. The molecular weight excluding hydrogens is 285 g/mol. The Kier molecular flexibility index (Phi) is 5.12. The molecule has 1 aromatic rings. The molecule has 0 aromatic heterocycles. The maximum absolute atomic E-state index is 13.0. The minimum absolute atomic E-state index is 0.0724. The Labute approximate surface area is 110 Å². The van der Waals surface area contributed by atoms with Crippen LogP contribution in [0.25, 0.3) is 0 Å². The maximum Gasteiger partial charge on any atom is 0.234 e. The molecular formula is C13H17BrFNO. The van der Waals surface area contributed by atoms with Crippen LogP contribution in [-0.4, -0.2) is 10.7 Å². The van der Waals surface area contributed by atoms with Crippen LogP contribution in [0.15, 0.2) is 24.3 Å². The van der Waals surface area contributed by atoms with E-state index in [1.165, 1.54) is 12.1 Å². The van der Waals surface area contributed by atoms with Crippen molar-refractivity contribution in [1.82, 2.24) is 5.32 Å². The van der Waals surface area contributed by atoms with Gasteiger partial charge in [0.15, 0.2) is 0 Å². The smallest absolute Gasteiger partial charge is 0.234 e. The molecule has 0 aliphatic carbocycles. The first kappa shape index (κ1) is 14.2. The van der Waals surface area contributed by atoms with Crippen molar-refractivity contribution in [2.75, 3.05) is 0 Å². The summed E-state index contributed by atoms with van der Waals surface area (Å²) in [5.74, 6) is -0.144. The Hall–Kier alpha value is -0.900. The lowest BCUT2D eigenvalue weighted by Gasteiger charge is -2.19. The predicted octanol–water partition coefficient (Wildman–Crippen LogP) is 3.42. The van der Waals surface area contributed by atoms with Crippen LogP contribution in [0.1, 0.15) is 32.4 Å². The normalized spacial score (nSPS) is 14.5. The third-order valence-corrected chi connectivity index (χ3v) is 4.02. The topological polar surface area (TPSA) is 29.1 Å². The van der Waals surface area contributed by atoms with Crippen LogP contribution < -0.4 is 5.32 Å². The summed E-state index contributed by atoms with van der Waals surface area (Å²) in [6, 6.07) is 6.06. The fourth-order valence-corrected chi connectivity index (χ4v) is 1.59. The average Bonchev–Trinajstić information content (AvgIpc) is 2.27. The van der Waals surface area contributed by atoms with Crippen LogP contribution in [0.4, 0.5) is 4.39 Å². The van der Waals surface area contributed by atoms with Gasteiger partial charge >= 0.3 is 0 Å². The van der Waals surface area contributed by atoms with Gasteiger partial charge in [-0.1, -0.05) is 41.9 Å². The molecule has 0 radical (unpaired) electrons. The van der Waals surface area contributed by atoms with E-state index >= 15 is 0 Å². The molecule has 0 bridgehead atoms. The number of rotatable bonds is 4. The molecule has 0 aliphatic heterocycles. The highest BCUT2D eigenvalue weighted by molar-refractivity contribution is 9.10. The van der Waals surface area contributed by atoms with Gasteiger partial charge in [0.1, 0.15) is 5.82 Å². The SMILES string of the molecule is CC(C)C(Br)C(=O)N[C@H](C)c1cccc(F)c1. The second-order valence-electron chi connectivity index (χ2n) is 4.43. The molecule has 0 fully saturated rings. The molecule has 0 heterocycles. The minimum atomic E-state index is -0.289. The van der Waals surface area contributed by atoms with Crippen molar-refractivity contribution < 1.29 is 9.18 Å². The molecule has 1 N–H and O–H groups in total. The molecule has 1 amide bonds. The van der Waals surface area contributed by atoms with Crippen LogP contribution in [0.5, 0.6) is 0 Å². The number of carbonyl (C=O) groups excluding carboxylic acids is 1. The van der Waals surface area contributed by atoms with Gasteiger partial charge < -0.3 is 5.32 Å². The van der Waals surface area contributed by atoms with Crippen molar-refractivity contribution in [2.24, 2.45) is 5.92 Å². The monoisotopic (exact) mass is 301 g/mol. The van der Waals surface area contributed by atoms with E-state index in [2.05, 4.69) is 21.2 Å². The molecule has 0 spiro atoms. The summed E-state index contributed by atoms with van der Waals surface area (Å²) in [4.78, 5) is 11.6. The number of alkyl halides is 1. The zero-order valence-electron chi connectivity index (χ0n) is 10.2. The Bertz CT molecular complexity index is 395. The van der Waals surface area contributed by atoms with E-state index in [4.69, 9.17) is 0 Å². The van der Waals surface area contributed by atoms with Crippen molar-refractivity contribution in [1.29, 1.82) is 0 Å². The van der Waals surface area contributed by atoms with Gasteiger partial charge in [0.05, 0.1) is 10.9 Å². The van der Waals surface area contributed by atoms with E-state index < -0.39 is 0 Å². The van der Waals surface area contributed by atoms with Gasteiger partial charge in [-0.3, -0.25) is 4.79 Å². The molecule has 0 saturated heterocycles. The fraction of sp³-hybridized carbons (Fsp3) is 0.462. The van der Waals surface area contributed by atoms with E-state index in [0.717, 1.165) is 5.56 Å². The lowest BCUT2D eigenvalue weighted by atomic mass is 10.1. The Balaban J connectivity index is 2.66. The van der Waals surface area contributed by atoms with E-state index in [1.807, 2.05) is 20.8 Å². The van der Waals surface area contributed by atoms with E-state index in [9.17, 15) is 9.18 Å². The summed E-state index contributed by atoms with van der Waals surface area (Å²) in [7, 11) is 0. The highest BCUT2D eigenvalue weighted by Gasteiger charge is 2.20. The molecule has 1 unspecified atom stereocenters. The standard InChI is InChI=1S/C13H17BrFNO/c1-8(2)12(14)13(17)16-9(3)10-5-4-6-11(15)7-10/h4-9,12H,1-3H3,(H,16,17)/t9-,12?/m1/s1. The number of hydrogen-bond donors (Lipinski definition) is 1. The summed E-state index contributed by atoms with van der Waals surface area (Å²) in [5, 5.41) is 2.85. The van der Waals surface area contributed by atoms with Crippen LogP contribution in [-0.2, 0) is 4.79 Å². The van der Waals surface area contributed by atoms with E-state index in [1.54, 1.807) is 12.1 Å². The Morgan fingerprint density at radius 3 is 2.53 bits per heavy atom. The molecule has 17 heavy (non-hydrogen) atoms. The minimum Gasteiger partial charge on any atom is -0.349 e. The van der Waals surface area contributed by atoms with Gasteiger partial charge in [0.2, 0.25) is 5.91 Å². The lowest BCUT2D eigenvalue weighted by Crippen LogP contribution is -2.35. The third kappa shape index (κ3) is 4.11. The zero-order valence-corrected chi connectivity index (χ0v) is 11.8. The van der Waals surface area contributed by atoms with Crippen LogP contribution in [0.2, 0.25) is 0 Å². The van der Waals surface area contributed by atoms with Gasteiger partial charge in [0.25, 0.3) is 0 Å². The highest BCUT2D eigenvalue weighted by atomic mass is 79.9. The number of hydrogen-bond acceptors (Lipinski definition) is 1. The first-order valence-corrected chi connectivity index (χ1v) is 6.53. The molecule has 2 nitrogen and oxygen atoms in total. The maximum atomic E-state index is 13.0. The van der Waals surface area contributed by atoms with E-state index in [-0.39, 0.29) is 28.5 Å². The summed E-state index contributed by atoms with van der Waals surface area (Å²) < 4.78 is 13.0. The largest absolute Gasteiger partial charge is 0.349 e. The lowest BCUT2D eigenvalue weighted by molar-refractivity contribution is -0.121. The van der Waals surface area contributed by atoms with Crippen LogP contribution >= 0.6 is 15.9 Å². The summed E-state index contributed by atoms with van der Waals surface area (Å²) >= 11 is 3.34. The van der Waals surface area contributed by atoms with Crippen molar-refractivity contribution in [3.8, 4) is 0 Å². The van der Waals surface area contributed by atoms with Gasteiger partial charge in [-0.2, -0.15) is 0 Å². The van der Waals surface area contributed by atoms with E-state index in [0.29, 0.717) is 0 Å². The Morgan fingerprint density at radius 1 is 1.35 bits per heavy atom. The number of halogens is 2. The summed E-state index contributed by atoms with van der Waals surface area (Å²) in [6.45, 7) is 5.77. The number of benzene rings is 1. The van der Waals surface area contributed by atoms with Gasteiger partial charge in [0, 0.05) is 0 Å².